The van der Waals surface area contributed by atoms with Gasteiger partial charge in [-0.1, -0.05) is 20.3 Å². The van der Waals surface area contributed by atoms with Crippen molar-refractivity contribution in [2.75, 3.05) is 26.2 Å². The van der Waals surface area contributed by atoms with Gasteiger partial charge in [0.25, 0.3) is 0 Å². The van der Waals surface area contributed by atoms with Gasteiger partial charge in [0.2, 0.25) is 0 Å². The van der Waals surface area contributed by atoms with Gasteiger partial charge in [-0.2, -0.15) is 0 Å². The van der Waals surface area contributed by atoms with E-state index in [1.54, 1.807) is 0 Å². The zero-order chi connectivity index (χ0) is 13.9. The summed E-state index contributed by atoms with van der Waals surface area (Å²) in [4.78, 5) is 2.68. The Hall–Kier alpha value is -0.120. The molecule has 0 radical (unpaired) electrons. The standard InChI is InChI=1S/C16H32N2O/c1-4-19-14-6-10-18(11-7-14)16(13-17)9-5-8-15(2,3)12-16/h14H,4-13,17H2,1-3H3. The Labute approximate surface area is 118 Å². The van der Waals surface area contributed by atoms with E-state index in [0.717, 1.165) is 26.2 Å². The molecule has 2 rings (SSSR count). The molecule has 3 nitrogen and oxygen atoms in total. The summed E-state index contributed by atoms with van der Waals surface area (Å²) in [5, 5.41) is 0. The number of rotatable bonds is 4. The Bertz CT molecular complexity index is 284. The van der Waals surface area contributed by atoms with Gasteiger partial charge >= 0.3 is 0 Å². The molecule has 2 N–H and O–H groups in total. The lowest BCUT2D eigenvalue weighted by Crippen LogP contribution is -2.60. The van der Waals surface area contributed by atoms with Crippen molar-refractivity contribution in [1.82, 2.24) is 4.90 Å². The van der Waals surface area contributed by atoms with Crippen LogP contribution in [-0.4, -0.2) is 42.8 Å². The number of hydrogen-bond donors (Lipinski definition) is 1. The van der Waals surface area contributed by atoms with E-state index in [1.807, 2.05) is 0 Å². The van der Waals surface area contributed by atoms with Crippen LogP contribution in [0.1, 0.15) is 59.3 Å². The summed E-state index contributed by atoms with van der Waals surface area (Å²) in [7, 11) is 0. The van der Waals surface area contributed by atoms with Crippen LogP contribution in [-0.2, 0) is 4.74 Å². The minimum Gasteiger partial charge on any atom is -0.378 e. The molecule has 3 heteroatoms. The Morgan fingerprint density at radius 3 is 2.42 bits per heavy atom. The lowest BCUT2D eigenvalue weighted by molar-refractivity contribution is -0.0454. The Morgan fingerprint density at radius 1 is 1.21 bits per heavy atom. The highest BCUT2D eigenvalue weighted by Crippen LogP contribution is 2.44. The number of nitrogens with zero attached hydrogens (tertiary/aromatic N) is 1. The molecule has 0 spiro atoms. The van der Waals surface area contributed by atoms with E-state index < -0.39 is 0 Å². The van der Waals surface area contributed by atoms with Gasteiger partial charge in [-0.15, -0.1) is 0 Å². The molecule has 1 saturated heterocycles. The maximum atomic E-state index is 6.21. The first-order chi connectivity index (χ1) is 9.01. The quantitative estimate of drug-likeness (QED) is 0.852. The fourth-order valence-corrected chi connectivity index (χ4v) is 4.27. The van der Waals surface area contributed by atoms with Crippen molar-refractivity contribution >= 4 is 0 Å². The molecule has 0 bridgehead atoms. The Kier molecular flexibility index (Phi) is 4.91. The SMILES string of the molecule is CCOC1CCN(C2(CN)CCCC(C)(C)C2)CC1. The molecule has 2 fully saturated rings. The highest BCUT2D eigenvalue weighted by molar-refractivity contribution is 5.00. The minimum atomic E-state index is 0.263. The topological polar surface area (TPSA) is 38.5 Å². The van der Waals surface area contributed by atoms with Gasteiger partial charge in [0.05, 0.1) is 6.10 Å². The van der Waals surface area contributed by atoms with Crippen molar-refractivity contribution in [3.8, 4) is 0 Å². The monoisotopic (exact) mass is 268 g/mol. The molecule has 2 aliphatic rings. The van der Waals surface area contributed by atoms with E-state index >= 15 is 0 Å². The molecular formula is C16H32N2O. The Balaban J connectivity index is 1.98. The molecule has 1 aliphatic heterocycles. The van der Waals surface area contributed by atoms with Crippen LogP contribution in [0.3, 0.4) is 0 Å². The van der Waals surface area contributed by atoms with Crippen molar-refractivity contribution in [3.63, 3.8) is 0 Å². The summed E-state index contributed by atoms with van der Waals surface area (Å²) in [5.74, 6) is 0. The van der Waals surface area contributed by atoms with Crippen LogP contribution in [0.25, 0.3) is 0 Å². The van der Waals surface area contributed by atoms with Gasteiger partial charge < -0.3 is 10.5 Å². The summed E-state index contributed by atoms with van der Waals surface area (Å²) < 4.78 is 5.77. The number of likely N-dealkylation sites (tertiary alicyclic amines) is 1. The second kappa shape index (κ2) is 6.11. The number of hydrogen-bond acceptors (Lipinski definition) is 3. The van der Waals surface area contributed by atoms with Gasteiger partial charge in [-0.25, -0.2) is 0 Å². The summed E-state index contributed by atoms with van der Waals surface area (Å²) in [6, 6.07) is 0. The van der Waals surface area contributed by atoms with Crippen molar-refractivity contribution in [2.24, 2.45) is 11.1 Å². The molecule has 0 amide bonds. The first-order valence-corrected chi connectivity index (χ1v) is 8.08. The molecule has 1 aliphatic carbocycles. The van der Waals surface area contributed by atoms with Crippen LogP contribution in [0, 0.1) is 5.41 Å². The Morgan fingerprint density at radius 2 is 1.89 bits per heavy atom. The van der Waals surface area contributed by atoms with Crippen LogP contribution in [0.2, 0.25) is 0 Å². The maximum Gasteiger partial charge on any atom is 0.0599 e. The van der Waals surface area contributed by atoms with Crippen LogP contribution in [0.15, 0.2) is 0 Å². The van der Waals surface area contributed by atoms with Crippen molar-refractivity contribution < 1.29 is 4.74 Å². The third-order valence-corrected chi connectivity index (χ3v) is 5.20. The zero-order valence-corrected chi connectivity index (χ0v) is 13.1. The first kappa shape index (κ1) is 15.3. The second-order valence-corrected chi connectivity index (χ2v) is 7.26. The first-order valence-electron chi connectivity index (χ1n) is 8.08. The van der Waals surface area contributed by atoms with Crippen LogP contribution in [0.5, 0.6) is 0 Å². The van der Waals surface area contributed by atoms with E-state index in [2.05, 4.69) is 25.7 Å². The highest BCUT2D eigenvalue weighted by atomic mass is 16.5. The third kappa shape index (κ3) is 3.50. The maximum absolute atomic E-state index is 6.21. The minimum absolute atomic E-state index is 0.263. The predicted octanol–water partition coefficient (Wildman–Crippen LogP) is 2.79. The van der Waals surface area contributed by atoms with E-state index in [1.165, 1.54) is 38.5 Å². The van der Waals surface area contributed by atoms with E-state index in [-0.39, 0.29) is 5.54 Å². The molecule has 1 unspecified atom stereocenters. The zero-order valence-electron chi connectivity index (χ0n) is 13.1. The molecule has 0 aromatic carbocycles. The van der Waals surface area contributed by atoms with Crippen molar-refractivity contribution in [1.29, 1.82) is 0 Å². The molecule has 1 saturated carbocycles. The van der Waals surface area contributed by atoms with Gasteiger partial charge in [-0.05, 0) is 44.4 Å². The van der Waals surface area contributed by atoms with Crippen molar-refractivity contribution in [3.05, 3.63) is 0 Å². The van der Waals surface area contributed by atoms with Gasteiger partial charge in [0.1, 0.15) is 0 Å². The van der Waals surface area contributed by atoms with Crippen LogP contribution < -0.4 is 5.73 Å². The highest BCUT2D eigenvalue weighted by Gasteiger charge is 2.44. The average molecular weight is 268 g/mol. The number of nitrogens with two attached hydrogens (primary N) is 1. The second-order valence-electron chi connectivity index (χ2n) is 7.26. The molecule has 0 aromatic rings. The molecule has 112 valence electrons. The normalized spacial score (nSPS) is 33.5. The largest absolute Gasteiger partial charge is 0.378 e. The van der Waals surface area contributed by atoms with E-state index in [9.17, 15) is 0 Å². The molecule has 0 aromatic heterocycles. The molecule has 1 heterocycles. The lowest BCUT2D eigenvalue weighted by atomic mass is 9.67. The summed E-state index contributed by atoms with van der Waals surface area (Å²) in [5.41, 5.74) is 6.93. The van der Waals surface area contributed by atoms with E-state index in [0.29, 0.717) is 11.5 Å². The van der Waals surface area contributed by atoms with Crippen molar-refractivity contribution in [2.45, 2.75) is 70.9 Å². The summed E-state index contributed by atoms with van der Waals surface area (Å²) in [6.45, 7) is 10.9. The fraction of sp³-hybridized carbons (Fsp3) is 1.00. The smallest absolute Gasteiger partial charge is 0.0599 e. The van der Waals surface area contributed by atoms with Gasteiger partial charge in [0.15, 0.2) is 0 Å². The lowest BCUT2D eigenvalue weighted by Gasteiger charge is -2.52. The fourth-order valence-electron chi connectivity index (χ4n) is 4.27. The van der Waals surface area contributed by atoms with Gasteiger partial charge in [-0.3, -0.25) is 4.90 Å². The molecule has 19 heavy (non-hydrogen) atoms. The van der Waals surface area contributed by atoms with Gasteiger partial charge in [0, 0.05) is 31.8 Å². The predicted molar refractivity (Wildman–Crippen MR) is 80.3 cm³/mol. The van der Waals surface area contributed by atoms with E-state index in [4.69, 9.17) is 10.5 Å². The third-order valence-electron chi connectivity index (χ3n) is 5.20. The van der Waals surface area contributed by atoms with Crippen LogP contribution >= 0.6 is 0 Å². The number of piperidine rings is 1. The average Bonchev–Trinajstić information content (AvgIpc) is 2.38. The molecule has 1 atom stereocenters. The summed E-state index contributed by atoms with van der Waals surface area (Å²) >= 11 is 0. The summed E-state index contributed by atoms with van der Waals surface area (Å²) in [6.07, 6.45) is 8.06. The van der Waals surface area contributed by atoms with Crippen LogP contribution in [0.4, 0.5) is 0 Å². The number of ether oxygens (including phenoxy) is 1. The molecular weight excluding hydrogens is 236 g/mol.